The van der Waals surface area contributed by atoms with Gasteiger partial charge in [0.2, 0.25) is 5.88 Å². The predicted octanol–water partition coefficient (Wildman–Crippen LogP) is 5.02. The molecule has 2 heterocycles. The van der Waals surface area contributed by atoms with Crippen LogP contribution in [0.15, 0.2) is 67.3 Å². The van der Waals surface area contributed by atoms with Crippen molar-refractivity contribution >= 4 is 17.4 Å². The normalized spacial score (nSPS) is 10.5. The minimum absolute atomic E-state index is 0.312. The molecule has 156 valence electrons. The molecule has 2 aromatic carbocycles. The van der Waals surface area contributed by atoms with Crippen LogP contribution >= 0.6 is 0 Å². The molecule has 4 aromatic rings. The highest BCUT2D eigenvalue weighted by Crippen LogP contribution is 2.23. The van der Waals surface area contributed by atoms with Gasteiger partial charge in [0.15, 0.2) is 0 Å². The Kier molecular flexibility index (Phi) is 5.61. The van der Waals surface area contributed by atoms with Crippen LogP contribution in [0.3, 0.4) is 0 Å². The van der Waals surface area contributed by atoms with Gasteiger partial charge in [-0.25, -0.2) is 14.8 Å². The fourth-order valence-electron chi connectivity index (χ4n) is 2.94. The zero-order valence-electron chi connectivity index (χ0n) is 17.5. The van der Waals surface area contributed by atoms with Crippen LogP contribution in [0.2, 0.25) is 0 Å². The van der Waals surface area contributed by atoms with Crippen molar-refractivity contribution in [3.63, 3.8) is 0 Å². The van der Waals surface area contributed by atoms with Crippen LogP contribution in [-0.4, -0.2) is 25.6 Å². The van der Waals surface area contributed by atoms with Gasteiger partial charge < -0.3 is 15.4 Å². The van der Waals surface area contributed by atoms with Gasteiger partial charge in [0.25, 0.3) is 0 Å². The second-order valence-electron chi connectivity index (χ2n) is 7.09. The molecule has 0 radical (unpaired) electrons. The molecule has 0 saturated carbocycles. The molecule has 0 aliphatic rings. The highest BCUT2D eigenvalue weighted by Gasteiger charge is 2.07. The quantitative estimate of drug-likeness (QED) is 0.478. The summed E-state index contributed by atoms with van der Waals surface area (Å²) in [6.07, 6.45) is 5.14. The van der Waals surface area contributed by atoms with E-state index < -0.39 is 0 Å². The smallest absolute Gasteiger partial charge is 0.323 e. The molecule has 0 bridgehead atoms. The van der Waals surface area contributed by atoms with Gasteiger partial charge in [-0.15, -0.1) is 0 Å². The molecule has 8 nitrogen and oxygen atoms in total. The number of anilines is 2. The molecule has 0 atom stereocenters. The number of rotatable bonds is 5. The lowest BCUT2D eigenvalue weighted by Gasteiger charge is -2.11. The first-order valence-electron chi connectivity index (χ1n) is 9.73. The van der Waals surface area contributed by atoms with Gasteiger partial charge >= 0.3 is 6.03 Å². The number of aryl methyl sites for hydroxylation is 3. The second-order valence-corrected chi connectivity index (χ2v) is 7.09. The Morgan fingerprint density at radius 1 is 0.903 bits per heavy atom. The first-order chi connectivity index (χ1) is 15.0. The number of amides is 2. The standard InChI is InChI=1S/C23H22N6O2/c1-15-4-5-19(12-16(15)2)28-23(30)27-18-6-8-20(9-7-18)31-22-13-21(25-17(3)26-22)29-11-10-24-14-29/h4-14H,1-3H3,(H2,27,28,30). The Balaban J connectivity index is 1.40. The van der Waals surface area contributed by atoms with Crippen molar-refractivity contribution in [1.82, 2.24) is 19.5 Å². The van der Waals surface area contributed by atoms with E-state index in [4.69, 9.17) is 4.74 Å². The van der Waals surface area contributed by atoms with E-state index in [1.165, 1.54) is 5.56 Å². The zero-order chi connectivity index (χ0) is 21.8. The lowest BCUT2D eigenvalue weighted by Crippen LogP contribution is -2.19. The molecule has 2 N–H and O–H groups in total. The highest BCUT2D eigenvalue weighted by molar-refractivity contribution is 5.99. The molecule has 0 spiro atoms. The van der Waals surface area contributed by atoms with E-state index in [0.717, 1.165) is 11.3 Å². The van der Waals surface area contributed by atoms with Crippen molar-refractivity contribution in [1.29, 1.82) is 0 Å². The molecular weight excluding hydrogens is 392 g/mol. The number of hydrogen-bond acceptors (Lipinski definition) is 5. The summed E-state index contributed by atoms with van der Waals surface area (Å²) in [6.45, 7) is 5.84. The van der Waals surface area contributed by atoms with E-state index in [9.17, 15) is 4.79 Å². The summed E-state index contributed by atoms with van der Waals surface area (Å²) >= 11 is 0. The number of benzene rings is 2. The fourth-order valence-corrected chi connectivity index (χ4v) is 2.94. The number of hydrogen-bond donors (Lipinski definition) is 2. The molecule has 8 heteroatoms. The summed E-state index contributed by atoms with van der Waals surface area (Å²) in [5, 5.41) is 5.64. The van der Waals surface area contributed by atoms with Gasteiger partial charge in [-0.2, -0.15) is 4.98 Å². The highest BCUT2D eigenvalue weighted by atomic mass is 16.5. The summed E-state index contributed by atoms with van der Waals surface area (Å²) < 4.78 is 7.65. The average Bonchev–Trinajstić information content (AvgIpc) is 3.27. The zero-order valence-corrected chi connectivity index (χ0v) is 17.5. The monoisotopic (exact) mass is 414 g/mol. The molecule has 4 rings (SSSR count). The van der Waals surface area contributed by atoms with E-state index in [2.05, 4.69) is 25.6 Å². The number of ether oxygens (including phenoxy) is 1. The van der Waals surface area contributed by atoms with Crippen LogP contribution in [0, 0.1) is 20.8 Å². The topological polar surface area (TPSA) is 94.0 Å². The fraction of sp³-hybridized carbons (Fsp3) is 0.130. The maximum atomic E-state index is 12.3. The predicted molar refractivity (Wildman–Crippen MR) is 119 cm³/mol. The molecular formula is C23H22N6O2. The SMILES string of the molecule is Cc1nc(Oc2ccc(NC(=O)Nc3ccc(C)c(C)c3)cc2)cc(-n2ccnc2)n1. The Morgan fingerprint density at radius 2 is 1.65 bits per heavy atom. The summed E-state index contributed by atoms with van der Waals surface area (Å²) in [5.41, 5.74) is 3.69. The van der Waals surface area contributed by atoms with Crippen LogP contribution in [0.5, 0.6) is 11.6 Å². The number of nitrogens with one attached hydrogen (secondary N) is 2. The molecule has 2 aromatic heterocycles. The van der Waals surface area contributed by atoms with E-state index in [1.54, 1.807) is 60.5 Å². The lowest BCUT2D eigenvalue weighted by atomic mass is 10.1. The van der Waals surface area contributed by atoms with Crippen LogP contribution in [0.1, 0.15) is 17.0 Å². The van der Waals surface area contributed by atoms with Gasteiger partial charge in [-0.3, -0.25) is 4.57 Å². The number of carbonyl (C=O) groups is 1. The van der Waals surface area contributed by atoms with Crippen LogP contribution in [-0.2, 0) is 0 Å². The number of imidazole rings is 1. The molecule has 0 fully saturated rings. The Labute approximate surface area is 180 Å². The van der Waals surface area contributed by atoms with E-state index in [1.807, 2.05) is 32.0 Å². The average molecular weight is 414 g/mol. The molecule has 0 aliphatic carbocycles. The number of nitrogens with zero attached hydrogens (tertiary/aromatic N) is 4. The lowest BCUT2D eigenvalue weighted by molar-refractivity contribution is 0.262. The minimum Gasteiger partial charge on any atom is -0.439 e. The first-order valence-corrected chi connectivity index (χ1v) is 9.73. The summed E-state index contributed by atoms with van der Waals surface area (Å²) in [7, 11) is 0. The van der Waals surface area contributed by atoms with Crippen LogP contribution < -0.4 is 15.4 Å². The van der Waals surface area contributed by atoms with Gasteiger partial charge in [0.1, 0.15) is 23.7 Å². The van der Waals surface area contributed by atoms with E-state index >= 15 is 0 Å². The third kappa shape index (κ3) is 5.05. The van der Waals surface area contributed by atoms with Crippen LogP contribution in [0.25, 0.3) is 5.82 Å². The molecule has 0 aliphatic heterocycles. The van der Waals surface area contributed by atoms with Crippen molar-refractivity contribution in [2.24, 2.45) is 0 Å². The Bertz CT molecular complexity index is 1200. The Morgan fingerprint density at radius 3 is 2.35 bits per heavy atom. The van der Waals surface area contributed by atoms with Gasteiger partial charge in [-0.05, 0) is 68.3 Å². The summed E-state index contributed by atoms with van der Waals surface area (Å²) in [4.78, 5) is 25.0. The van der Waals surface area contributed by atoms with Crippen LogP contribution in [0.4, 0.5) is 16.2 Å². The van der Waals surface area contributed by atoms with Gasteiger partial charge in [0.05, 0.1) is 0 Å². The number of aromatic nitrogens is 4. The van der Waals surface area contributed by atoms with Crippen molar-refractivity contribution in [2.75, 3.05) is 10.6 Å². The van der Waals surface area contributed by atoms with Crippen molar-refractivity contribution in [3.8, 4) is 17.4 Å². The molecule has 31 heavy (non-hydrogen) atoms. The first kappa shape index (κ1) is 20.1. The number of carbonyl (C=O) groups excluding carboxylic acids is 1. The number of urea groups is 1. The summed E-state index contributed by atoms with van der Waals surface area (Å²) in [5.74, 6) is 2.27. The van der Waals surface area contributed by atoms with Crippen molar-refractivity contribution < 1.29 is 9.53 Å². The van der Waals surface area contributed by atoms with E-state index in [0.29, 0.717) is 29.0 Å². The van der Waals surface area contributed by atoms with Crippen molar-refractivity contribution in [2.45, 2.75) is 20.8 Å². The largest absolute Gasteiger partial charge is 0.439 e. The van der Waals surface area contributed by atoms with Crippen molar-refractivity contribution in [3.05, 3.63) is 84.2 Å². The third-order valence-corrected chi connectivity index (χ3v) is 4.67. The van der Waals surface area contributed by atoms with Gasteiger partial charge in [-0.1, -0.05) is 6.07 Å². The molecule has 2 amide bonds. The Hall–Kier alpha value is -4.20. The molecule has 0 saturated heterocycles. The third-order valence-electron chi connectivity index (χ3n) is 4.67. The minimum atomic E-state index is -0.312. The van der Waals surface area contributed by atoms with E-state index in [-0.39, 0.29) is 6.03 Å². The maximum absolute atomic E-state index is 12.3. The maximum Gasteiger partial charge on any atom is 0.323 e. The second kappa shape index (κ2) is 8.66. The van der Waals surface area contributed by atoms with Gasteiger partial charge in [0, 0.05) is 29.8 Å². The summed E-state index contributed by atoms with van der Waals surface area (Å²) in [6, 6.07) is 14.3. The molecule has 0 unspecified atom stereocenters.